The van der Waals surface area contributed by atoms with Crippen molar-refractivity contribution in [3.63, 3.8) is 0 Å². The fraction of sp³-hybridized carbons (Fsp3) is 0.900. The summed E-state index contributed by atoms with van der Waals surface area (Å²) in [5, 5.41) is 0. The lowest BCUT2D eigenvalue weighted by Gasteiger charge is -2.11. The van der Waals surface area contributed by atoms with E-state index in [1.165, 1.54) is 0 Å². The molecule has 78 valence electrons. The quantitative estimate of drug-likeness (QED) is 0.604. The predicted molar refractivity (Wildman–Crippen MR) is 55.7 cm³/mol. The average Bonchev–Trinajstić information content (AvgIpc) is 2.10. The maximum Gasteiger partial charge on any atom is 0.149 e. The maximum absolute atomic E-state index is 11.1. The summed E-state index contributed by atoms with van der Waals surface area (Å²) in [6.45, 7) is 2.94. The van der Waals surface area contributed by atoms with Gasteiger partial charge in [0.25, 0.3) is 0 Å². The van der Waals surface area contributed by atoms with Crippen molar-refractivity contribution in [2.24, 2.45) is 5.73 Å². The van der Waals surface area contributed by atoms with Crippen LogP contribution in [-0.4, -0.2) is 37.4 Å². The molecule has 2 N–H and O–H groups in total. The molecule has 0 aliphatic heterocycles. The van der Waals surface area contributed by atoms with E-state index in [1.54, 1.807) is 0 Å². The van der Waals surface area contributed by atoms with E-state index in [1.807, 2.05) is 6.92 Å². The first-order valence-corrected chi connectivity index (χ1v) is 5.01. The highest BCUT2D eigenvalue weighted by Crippen LogP contribution is 2.02. The van der Waals surface area contributed by atoms with Crippen LogP contribution in [0.2, 0.25) is 0 Å². The Labute approximate surface area is 81.3 Å². The Morgan fingerprint density at radius 1 is 1.38 bits per heavy atom. The molecule has 0 radical (unpaired) electrons. The standard InChI is InChI=1S/C10H22N2O/c1-4-10(13)9(11)7-5-6-8-12(2)3/h9H,4-8,11H2,1-3H3. The Morgan fingerprint density at radius 2 is 2.00 bits per heavy atom. The van der Waals surface area contributed by atoms with Crippen LogP contribution in [-0.2, 0) is 4.79 Å². The van der Waals surface area contributed by atoms with Crippen LogP contribution in [0, 0.1) is 0 Å². The molecule has 0 spiro atoms. The summed E-state index contributed by atoms with van der Waals surface area (Å²) in [5.74, 6) is 0.185. The molecule has 0 fully saturated rings. The van der Waals surface area contributed by atoms with Crippen LogP contribution in [0.5, 0.6) is 0 Å². The molecule has 1 unspecified atom stereocenters. The Morgan fingerprint density at radius 3 is 2.46 bits per heavy atom. The first kappa shape index (κ1) is 12.6. The minimum Gasteiger partial charge on any atom is -0.322 e. The molecular weight excluding hydrogens is 164 g/mol. The minimum atomic E-state index is -0.229. The maximum atomic E-state index is 11.1. The smallest absolute Gasteiger partial charge is 0.149 e. The molecule has 3 nitrogen and oxygen atoms in total. The van der Waals surface area contributed by atoms with E-state index in [-0.39, 0.29) is 11.8 Å². The van der Waals surface area contributed by atoms with Gasteiger partial charge in [-0.3, -0.25) is 4.79 Å². The molecule has 13 heavy (non-hydrogen) atoms. The third kappa shape index (κ3) is 6.72. The van der Waals surface area contributed by atoms with Crippen molar-refractivity contribution in [3.05, 3.63) is 0 Å². The zero-order chi connectivity index (χ0) is 10.3. The van der Waals surface area contributed by atoms with E-state index < -0.39 is 0 Å². The third-order valence-electron chi connectivity index (χ3n) is 2.13. The van der Waals surface area contributed by atoms with Crippen molar-refractivity contribution >= 4 is 5.78 Å². The molecule has 0 bridgehead atoms. The fourth-order valence-corrected chi connectivity index (χ4v) is 1.22. The van der Waals surface area contributed by atoms with Crippen LogP contribution in [0.15, 0.2) is 0 Å². The zero-order valence-corrected chi connectivity index (χ0v) is 9.05. The van der Waals surface area contributed by atoms with Crippen molar-refractivity contribution in [3.8, 4) is 0 Å². The lowest BCUT2D eigenvalue weighted by atomic mass is 10.0. The van der Waals surface area contributed by atoms with E-state index in [0.29, 0.717) is 6.42 Å². The molecule has 0 aromatic carbocycles. The van der Waals surface area contributed by atoms with Crippen molar-refractivity contribution < 1.29 is 4.79 Å². The highest BCUT2D eigenvalue weighted by molar-refractivity contribution is 5.83. The Hall–Kier alpha value is -0.410. The number of ketones is 1. The normalized spacial score (nSPS) is 13.3. The summed E-state index contributed by atoms with van der Waals surface area (Å²) in [6.07, 6.45) is 3.57. The predicted octanol–water partition coefficient (Wildman–Crippen LogP) is 1.02. The zero-order valence-electron chi connectivity index (χ0n) is 9.05. The van der Waals surface area contributed by atoms with Crippen molar-refractivity contribution in [2.75, 3.05) is 20.6 Å². The van der Waals surface area contributed by atoms with Crippen molar-refractivity contribution in [2.45, 2.75) is 38.6 Å². The molecule has 0 amide bonds. The van der Waals surface area contributed by atoms with E-state index in [0.717, 1.165) is 25.8 Å². The summed E-state index contributed by atoms with van der Waals surface area (Å²) in [5.41, 5.74) is 5.68. The van der Waals surface area contributed by atoms with Gasteiger partial charge in [0.05, 0.1) is 6.04 Å². The first-order chi connectivity index (χ1) is 6.07. The summed E-state index contributed by atoms with van der Waals surface area (Å²) in [4.78, 5) is 13.3. The Kier molecular flexibility index (Phi) is 6.82. The number of rotatable bonds is 7. The van der Waals surface area contributed by atoms with Gasteiger partial charge in [-0.25, -0.2) is 0 Å². The van der Waals surface area contributed by atoms with E-state index in [9.17, 15) is 4.79 Å². The van der Waals surface area contributed by atoms with Gasteiger partial charge in [0.2, 0.25) is 0 Å². The second-order valence-electron chi connectivity index (χ2n) is 3.73. The van der Waals surface area contributed by atoms with Gasteiger partial charge in [0.1, 0.15) is 5.78 Å². The van der Waals surface area contributed by atoms with Gasteiger partial charge in [0, 0.05) is 6.42 Å². The first-order valence-electron chi connectivity index (χ1n) is 5.01. The number of hydrogen-bond acceptors (Lipinski definition) is 3. The van der Waals surface area contributed by atoms with Crippen LogP contribution in [0.1, 0.15) is 32.6 Å². The molecule has 0 saturated carbocycles. The van der Waals surface area contributed by atoms with Gasteiger partial charge in [-0.1, -0.05) is 13.3 Å². The lowest BCUT2D eigenvalue weighted by Crippen LogP contribution is -2.29. The second-order valence-corrected chi connectivity index (χ2v) is 3.73. The van der Waals surface area contributed by atoms with E-state index in [4.69, 9.17) is 5.73 Å². The number of nitrogens with zero attached hydrogens (tertiary/aromatic N) is 1. The topological polar surface area (TPSA) is 46.3 Å². The molecule has 3 heteroatoms. The number of carbonyl (C=O) groups is 1. The van der Waals surface area contributed by atoms with Crippen LogP contribution in [0.25, 0.3) is 0 Å². The molecule has 0 saturated heterocycles. The van der Waals surface area contributed by atoms with E-state index >= 15 is 0 Å². The highest BCUT2D eigenvalue weighted by Gasteiger charge is 2.09. The van der Waals surface area contributed by atoms with Crippen molar-refractivity contribution in [1.82, 2.24) is 4.90 Å². The van der Waals surface area contributed by atoms with Crippen LogP contribution < -0.4 is 5.73 Å². The SMILES string of the molecule is CCC(=O)C(N)CCCCN(C)C. The Bertz CT molecular complexity index is 146. The number of carbonyl (C=O) groups excluding carboxylic acids is 1. The summed E-state index contributed by atoms with van der Waals surface area (Å²) < 4.78 is 0. The van der Waals surface area contributed by atoms with E-state index in [2.05, 4.69) is 19.0 Å². The third-order valence-corrected chi connectivity index (χ3v) is 2.13. The number of unbranched alkanes of at least 4 members (excludes halogenated alkanes) is 1. The van der Waals surface area contributed by atoms with Crippen LogP contribution in [0.4, 0.5) is 0 Å². The lowest BCUT2D eigenvalue weighted by molar-refractivity contribution is -0.120. The van der Waals surface area contributed by atoms with Gasteiger partial charge in [0.15, 0.2) is 0 Å². The molecule has 0 aromatic heterocycles. The van der Waals surface area contributed by atoms with Crippen LogP contribution in [0.3, 0.4) is 0 Å². The number of nitrogens with two attached hydrogens (primary N) is 1. The molecular formula is C10H22N2O. The Balaban J connectivity index is 3.37. The van der Waals surface area contributed by atoms with Gasteiger partial charge in [-0.15, -0.1) is 0 Å². The molecule has 1 atom stereocenters. The van der Waals surface area contributed by atoms with Crippen LogP contribution >= 0.6 is 0 Å². The monoisotopic (exact) mass is 186 g/mol. The average molecular weight is 186 g/mol. The molecule has 0 rings (SSSR count). The number of Topliss-reactive ketones (excluding diaryl/α,β-unsaturated/α-hetero) is 1. The largest absolute Gasteiger partial charge is 0.322 e. The van der Waals surface area contributed by atoms with Crippen molar-refractivity contribution in [1.29, 1.82) is 0 Å². The minimum absolute atomic E-state index is 0.185. The molecule has 0 aliphatic carbocycles. The van der Waals surface area contributed by atoms with Gasteiger partial charge >= 0.3 is 0 Å². The highest BCUT2D eigenvalue weighted by atomic mass is 16.1. The van der Waals surface area contributed by atoms with Gasteiger partial charge in [-0.2, -0.15) is 0 Å². The molecule has 0 heterocycles. The second kappa shape index (κ2) is 7.04. The fourth-order valence-electron chi connectivity index (χ4n) is 1.22. The molecule has 0 aromatic rings. The van der Waals surface area contributed by atoms with Gasteiger partial charge in [-0.05, 0) is 33.5 Å². The molecule has 0 aliphatic rings. The summed E-state index contributed by atoms with van der Waals surface area (Å²) in [7, 11) is 4.11. The summed E-state index contributed by atoms with van der Waals surface area (Å²) in [6, 6.07) is -0.229. The van der Waals surface area contributed by atoms with Gasteiger partial charge < -0.3 is 10.6 Å². The summed E-state index contributed by atoms with van der Waals surface area (Å²) >= 11 is 0. The number of hydrogen-bond donors (Lipinski definition) is 1.